The number of hydrogen-bond acceptors (Lipinski definition) is 21. The van der Waals surface area contributed by atoms with Crippen LogP contribution in [0.1, 0.15) is 132 Å². The second-order valence-electron chi connectivity index (χ2n) is 35.8. The van der Waals surface area contributed by atoms with Gasteiger partial charge in [-0.15, -0.1) is 11.8 Å². The summed E-state index contributed by atoms with van der Waals surface area (Å²) >= 11 is 0.858. The normalized spacial score (nSPS) is 22.0. The molecule has 0 saturated carbocycles. The first-order valence-corrected chi connectivity index (χ1v) is 47.1. The molecule has 0 aliphatic carbocycles. The number of aromatic amines is 2. The van der Waals surface area contributed by atoms with Crippen molar-refractivity contribution in [1.29, 1.82) is 0 Å². The summed E-state index contributed by atoms with van der Waals surface area (Å²) in [4.78, 5) is 263. The third kappa shape index (κ3) is 31.0. The van der Waals surface area contributed by atoms with Gasteiger partial charge >= 0.3 is 5.97 Å². The lowest BCUT2D eigenvalue weighted by atomic mass is 9.84. The van der Waals surface area contributed by atoms with Crippen molar-refractivity contribution in [3.63, 3.8) is 0 Å². The van der Waals surface area contributed by atoms with E-state index in [-0.39, 0.29) is 81.0 Å². The Kier molecular flexibility index (Phi) is 40.1. The minimum absolute atomic E-state index is 0.0568. The van der Waals surface area contributed by atoms with E-state index in [9.17, 15) is 44.1 Å². The summed E-state index contributed by atoms with van der Waals surface area (Å²) < 4.78 is 5.18. The summed E-state index contributed by atoms with van der Waals surface area (Å²) in [6.45, 7) is 7.45. The summed E-state index contributed by atoms with van der Waals surface area (Å²) in [5.74, 6) is -19.0. The van der Waals surface area contributed by atoms with Gasteiger partial charge in [-0.3, -0.25) is 81.5 Å². The van der Waals surface area contributed by atoms with Crippen LogP contribution < -0.4 is 37.6 Å². The quantitative estimate of drug-likeness (QED) is 0.0244. The van der Waals surface area contributed by atoms with Crippen molar-refractivity contribution in [3.05, 3.63) is 203 Å². The lowest BCUT2D eigenvalue weighted by Gasteiger charge is -2.37. The zero-order chi connectivity index (χ0) is 99.9. The van der Waals surface area contributed by atoms with Gasteiger partial charge in [0.25, 0.3) is 6.47 Å². The summed E-state index contributed by atoms with van der Waals surface area (Å²) in [6, 6.07) is 27.0. The van der Waals surface area contributed by atoms with Gasteiger partial charge in [0, 0.05) is 152 Å². The first kappa shape index (κ1) is 107. The van der Waals surface area contributed by atoms with Crippen LogP contribution in [0.5, 0.6) is 11.5 Å². The fourth-order valence-electron chi connectivity index (χ4n) is 16.9. The molecule has 0 bridgehead atoms. The van der Waals surface area contributed by atoms with Crippen LogP contribution >= 0.6 is 11.8 Å². The molecule has 6 aromatic carbocycles. The molecule has 732 valence electrons. The maximum Gasteiger partial charge on any atom is 0.303 e. The molecule has 0 radical (unpaired) electrons. The number of Topliss-reactive ketones (excluding diaryl/α,β-unsaturated/α-hetero) is 3. The maximum atomic E-state index is 15.8. The largest absolute Gasteiger partial charge is 0.508 e. The number of carbonyl (C=O) groups is 17. The number of ketones is 3. The predicted octanol–water partition coefficient (Wildman–Crippen LogP) is 6.15. The SMILES string of the molecule is CCCC[C@H]1C(=O)N(C)CC(=O)C[C@@H](COC=O)C(=O)C[C@@H](C(C)C)C(=O)N(C)[C@@H](Cc2ccccc2)C(=O)N[C@@H](Cc2ccc(O)cc2)C(=O)N(C)[C@H](CCC(=O)O)C(=O)N[C@@H](Cc2c[nH]c3ccccc23)C(=O)N[C@@H](Cc2ccc(O)cc2)C(=O)N[C@@H](CC(C)C)C(=O)N[C@H](C(=O)CCC(N)=O)CSCC(=O)N[C@@H](Cc2ccccc2)C(=O)N(C)[C@@H](Cc2c[nH]c3ccccc23)C(=O)N1C. The number of para-hydroxylation sites is 2. The number of unbranched alkanes of at least 4 members (excludes halogenated alkanes) is 1. The molecule has 137 heavy (non-hydrogen) atoms. The van der Waals surface area contributed by atoms with Crippen molar-refractivity contribution in [1.82, 2.24) is 66.4 Å². The lowest BCUT2D eigenvalue weighted by molar-refractivity contribution is -0.151. The number of carboxylic acid groups (broad SMARTS) is 1. The second kappa shape index (κ2) is 51.6. The van der Waals surface area contributed by atoms with Crippen molar-refractivity contribution in [2.45, 2.75) is 198 Å². The highest BCUT2D eigenvalue weighted by Gasteiger charge is 2.44. The van der Waals surface area contributed by atoms with Gasteiger partial charge in [-0.1, -0.05) is 169 Å². The van der Waals surface area contributed by atoms with Crippen LogP contribution in [0.15, 0.2) is 170 Å². The van der Waals surface area contributed by atoms with E-state index in [0.717, 1.165) is 26.5 Å². The van der Waals surface area contributed by atoms with Gasteiger partial charge in [0.05, 0.1) is 24.3 Å². The number of nitrogens with two attached hydrogens (primary N) is 1. The molecular weight excluding hydrogens is 1780 g/mol. The Hall–Kier alpha value is -14.1. The van der Waals surface area contributed by atoms with Crippen LogP contribution in [0.3, 0.4) is 0 Å². The van der Waals surface area contributed by atoms with Crippen LogP contribution in [0, 0.1) is 23.7 Å². The lowest BCUT2D eigenvalue weighted by Crippen LogP contribution is -2.61. The Morgan fingerprint density at radius 2 is 0.949 bits per heavy atom. The monoisotopic (exact) mass is 1900 g/mol. The Morgan fingerprint density at radius 3 is 1.49 bits per heavy atom. The molecule has 1 aliphatic heterocycles. The highest BCUT2D eigenvalue weighted by molar-refractivity contribution is 8.00. The summed E-state index contributed by atoms with van der Waals surface area (Å²) in [7, 11) is 6.65. The number of nitrogens with zero attached hydrogens (tertiary/aromatic N) is 5. The number of thioether (sulfide) groups is 1. The zero-order valence-corrected chi connectivity index (χ0v) is 79.7. The molecule has 12 atom stereocenters. The third-order valence-corrected chi connectivity index (χ3v) is 25.8. The van der Waals surface area contributed by atoms with Gasteiger partial charge in [0.1, 0.15) is 78.3 Å². The number of hydrogen-bond donors (Lipinski definition) is 12. The number of phenols is 2. The van der Waals surface area contributed by atoms with E-state index in [1.807, 2.05) is 25.1 Å². The fraction of sp³-hybridized carbons (Fsp3) is 0.436. The number of primary amides is 1. The van der Waals surface area contributed by atoms with E-state index in [1.54, 1.807) is 131 Å². The molecule has 9 rings (SSSR count). The standard InChI is InChI=1S/C101H126N14O21S/c1-11-12-31-84-100(134)111(6)55-71(119)49-68(56-136-59-116)88(121)52-74(61(4)5)97(131)114(9)85(48-63-25-17-14-18-26-63)96(130)109-81(47-65-34-38-70(118)39-35-65)99(133)112(7)83(40-43-91(124)125)95(129)108-79(50-66-53-103-75-29-21-19-27-72(66)75)94(128)107-78(45-64-32-36-69(117)37-33-64)93(127)106-77(44-60(2)3)92(126)110-82(87(120)41-42-89(102)122)57-137-58-90(123)105-80(46-62-23-15-13-16-24-62)98(132)115(10)86(101(135)113(84)8)51-67-54-104-76-30-22-20-28-73(67)76/h13-30,32-39,53-54,59-61,68,74,77-86,103-104,117-118H,11-12,31,40-52,55-58H2,1-10H3,(H2,102,122)(H,105,123)(H,106,127)(H,107,128)(H,108,129)(H,109,130)(H,110,126)(H,124,125)/t68-,74-,77-,78-,79-,80-,81-,82-,83+,84-,85-,86-/m0/s1. The third-order valence-electron chi connectivity index (χ3n) is 24.7. The Labute approximate surface area is 800 Å². The van der Waals surface area contributed by atoms with E-state index in [4.69, 9.17) is 10.5 Å². The topological polar surface area (TPSA) is 506 Å². The average Bonchev–Trinajstić information content (AvgIpc) is 1.59. The van der Waals surface area contributed by atoms with E-state index in [1.165, 1.54) is 93.6 Å². The zero-order valence-electron chi connectivity index (χ0n) is 78.9. The number of likely N-dealkylation sites (N-methyl/N-ethyl adjacent to an activating group) is 5. The molecule has 1 saturated heterocycles. The van der Waals surface area contributed by atoms with E-state index >= 15 is 52.7 Å². The van der Waals surface area contributed by atoms with Crippen molar-refractivity contribution in [2.24, 2.45) is 29.4 Å². The maximum absolute atomic E-state index is 15.8. The van der Waals surface area contributed by atoms with Crippen LogP contribution in [0.2, 0.25) is 0 Å². The Balaban J connectivity index is 1.15. The van der Waals surface area contributed by atoms with Crippen LogP contribution in [-0.2, 0) is 125 Å². The number of carboxylic acids is 1. The number of fused-ring (bicyclic) bond motifs is 2. The summed E-state index contributed by atoms with van der Waals surface area (Å²) in [5, 5.41) is 49.3. The highest BCUT2D eigenvalue weighted by Crippen LogP contribution is 2.30. The number of H-pyrrole nitrogens is 2. The van der Waals surface area contributed by atoms with Crippen LogP contribution in [0.25, 0.3) is 21.8 Å². The number of amides is 12. The van der Waals surface area contributed by atoms with E-state index in [2.05, 4.69) is 41.9 Å². The average molecular weight is 1900 g/mol. The number of rotatable bonds is 28. The van der Waals surface area contributed by atoms with Crippen molar-refractivity contribution >= 4 is 134 Å². The van der Waals surface area contributed by atoms with Gasteiger partial charge < -0.3 is 92.2 Å². The van der Waals surface area contributed by atoms with Gasteiger partial charge in [0.15, 0.2) is 11.6 Å². The number of nitrogens with one attached hydrogen (secondary N) is 8. The number of benzene rings is 6. The highest BCUT2D eigenvalue weighted by atomic mass is 32.2. The number of phenolic OH excluding ortho intramolecular Hbond substituents is 2. The fourth-order valence-corrected chi connectivity index (χ4v) is 17.7. The minimum Gasteiger partial charge on any atom is -0.508 e. The van der Waals surface area contributed by atoms with E-state index in [0.29, 0.717) is 68.0 Å². The number of aliphatic carboxylic acids is 1. The number of carbonyl (C=O) groups excluding carboxylic acids is 16. The van der Waals surface area contributed by atoms with Gasteiger partial charge in [-0.05, 0) is 101 Å². The van der Waals surface area contributed by atoms with Gasteiger partial charge in [-0.2, -0.15) is 0 Å². The molecule has 36 heteroatoms. The first-order chi connectivity index (χ1) is 65.3. The van der Waals surface area contributed by atoms with Crippen LogP contribution in [0.4, 0.5) is 0 Å². The molecule has 2 aromatic heterocycles. The van der Waals surface area contributed by atoms with Crippen LogP contribution in [-0.4, -0.2) is 271 Å². The number of aromatic nitrogens is 2. The Bertz CT molecular complexity index is 5560. The molecule has 0 unspecified atom stereocenters. The minimum atomic E-state index is -1.80. The predicted molar refractivity (Wildman–Crippen MR) is 513 cm³/mol. The van der Waals surface area contributed by atoms with Crippen molar-refractivity contribution < 1.29 is 102 Å². The molecule has 1 aliphatic rings. The molecular formula is C101H126N14O21S. The molecule has 1 fully saturated rings. The molecule has 0 spiro atoms. The van der Waals surface area contributed by atoms with Crippen molar-refractivity contribution in [2.75, 3.05) is 59.9 Å². The first-order valence-electron chi connectivity index (χ1n) is 45.9. The number of aromatic hydroxyl groups is 2. The molecule has 3 heterocycles. The van der Waals surface area contributed by atoms with E-state index < -0.39 is 230 Å². The molecule has 35 nitrogen and oxygen atoms in total. The summed E-state index contributed by atoms with van der Waals surface area (Å²) in [5.41, 5.74) is 9.71. The molecule has 8 aromatic rings. The molecule has 12 amide bonds. The second-order valence-corrected chi connectivity index (χ2v) is 36.8. The smallest absolute Gasteiger partial charge is 0.303 e. The van der Waals surface area contributed by atoms with Gasteiger partial charge in [0.2, 0.25) is 70.9 Å². The number of ether oxygens (including phenoxy) is 1. The van der Waals surface area contributed by atoms with Gasteiger partial charge in [-0.25, -0.2) is 0 Å². The van der Waals surface area contributed by atoms with Crippen molar-refractivity contribution in [3.8, 4) is 11.5 Å². The molecule has 13 N–H and O–H groups in total. The Morgan fingerprint density at radius 1 is 0.482 bits per heavy atom. The summed E-state index contributed by atoms with van der Waals surface area (Å²) in [6.07, 6.45) is -0.986.